The van der Waals surface area contributed by atoms with Gasteiger partial charge in [-0.2, -0.15) is 0 Å². The van der Waals surface area contributed by atoms with Crippen LogP contribution in [0, 0.1) is 0 Å². The van der Waals surface area contributed by atoms with Crippen LogP contribution in [-0.2, 0) is 4.79 Å². The van der Waals surface area contributed by atoms with E-state index < -0.39 is 31.3 Å². The Balaban J connectivity index is 4.76. The number of aliphatic hydroxyl groups excluding tert-OH is 3. The van der Waals surface area contributed by atoms with Gasteiger partial charge < -0.3 is 21.1 Å². The molecule has 0 spiro atoms. The highest BCUT2D eigenvalue weighted by atomic mass is 16.3. The predicted octanol–water partition coefficient (Wildman–Crippen LogP) is -2.35. The third-order valence-electron chi connectivity index (χ3n) is 1.64. The highest BCUT2D eigenvalue weighted by molar-refractivity contribution is 6.37. The highest BCUT2D eigenvalue weighted by Gasteiger charge is 2.27. The minimum atomic E-state index is -1.42. The van der Waals surface area contributed by atoms with Crippen LogP contribution in [0.3, 0.4) is 0 Å². The number of primary amides is 1. The lowest BCUT2D eigenvalue weighted by atomic mass is 10.0. The summed E-state index contributed by atoms with van der Waals surface area (Å²) in [6.07, 6.45) is 0. The van der Waals surface area contributed by atoms with Crippen molar-refractivity contribution >= 4 is 11.6 Å². The zero-order chi connectivity index (χ0) is 10.5. The smallest absolute Gasteiger partial charge is 0.262 e. The van der Waals surface area contributed by atoms with E-state index in [0.717, 1.165) is 0 Å². The summed E-state index contributed by atoms with van der Waals surface area (Å²) < 4.78 is 0. The van der Waals surface area contributed by atoms with E-state index in [0.29, 0.717) is 0 Å². The molecule has 0 aromatic rings. The number of hydrogen-bond acceptors (Lipinski definition) is 5. The molecule has 6 nitrogen and oxygen atoms in total. The summed E-state index contributed by atoms with van der Waals surface area (Å²) in [4.78, 5) is 14.2. The van der Waals surface area contributed by atoms with Crippen molar-refractivity contribution in [2.24, 2.45) is 10.7 Å². The number of hydrogen-bond donors (Lipinski definition) is 4. The monoisotopic (exact) mass is 190 g/mol. The molecule has 13 heavy (non-hydrogen) atoms. The van der Waals surface area contributed by atoms with Gasteiger partial charge in [0.05, 0.1) is 25.5 Å². The maximum atomic E-state index is 10.6. The Morgan fingerprint density at radius 3 is 1.92 bits per heavy atom. The first-order chi connectivity index (χ1) is 6.01. The Hall–Kier alpha value is -0.980. The molecular formula is C7H14N2O4. The molecule has 0 aliphatic carbocycles. The normalized spacial score (nSPS) is 13.1. The summed E-state index contributed by atoms with van der Waals surface area (Å²) in [7, 11) is 0. The van der Waals surface area contributed by atoms with E-state index in [2.05, 4.69) is 4.99 Å². The number of nitrogens with two attached hydrogens (primary N) is 1. The molecule has 0 rings (SSSR count). The van der Waals surface area contributed by atoms with Crippen molar-refractivity contribution in [1.82, 2.24) is 0 Å². The average Bonchev–Trinajstić information content (AvgIpc) is 2.14. The van der Waals surface area contributed by atoms with Crippen LogP contribution in [0.5, 0.6) is 0 Å². The summed E-state index contributed by atoms with van der Waals surface area (Å²) >= 11 is 0. The fourth-order valence-electron chi connectivity index (χ4n) is 0.667. The Morgan fingerprint density at radius 2 is 1.69 bits per heavy atom. The van der Waals surface area contributed by atoms with Gasteiger partial charge in [-0.15, -0.1) is 0 Å². The molecule has 0 saturated heterocycles. The van der Waals surface area contributed by atoms with Crippen LogP contribution in [0.25, 0.3) is 0 Å². The van der Waals surface area contributed by atoms with Crippen LogP contribution < -0.4 is 5.73 Å². The fraction of sp³-hybridized carbons (Fsp3) is 0.714. The standard InChI is InChI=1S/C7H14N2O4/c1-5(6(8)13)9-7(2-10,3-11)4-12/h10-12H,2-4H2,1H3,(H2,8,13). The summed E-state index contributed by atoms with van der Waals surface area (Å²) in [5.41, 5.74) is 3.43. The Morgan fingerprint density at radius 1 is 1.31 bits per heavy atom. The lowest BCUT2D eigenvalue weighted by Crippen LogP contribution is -2.41. The van der Waals surface area contributed by atoms with Gasteiger partial charge in [-0.25, -0.2) is 0 Å². The molecule has 5 N–H and O–H groups in total. The molecule has 1 amide bonds. The van der Waals surface area contributed by atoms with Gasteiger partial charge in [0.2, 0.25) is 0 Å². The Kier molecular flexibility index (Phi) is 4.53. The maximum Gasteiger partial charge on any atom is 0.262 e. The third-order valence-corrected chi connectivity index (χ3v) is 1.64. The first-order valence-electron chi connectivity index (χ1n) is 3.70. The minimum Gasteiger partial charge on any atom is -0.394 e. The van der Waals surface area contributed by atoms with Crippen LogP contribution in [0.15, 0.2) is 4.99 Å². The van der Waals surface area contributed by atoms with Crippen molar-refractivity contribution in [3.05, 3.63) is 0 Å². The molecule has 0 saturated carbocycles. The Bertz CT molecular complexity index is 202. The van der Waals surface area contributed by atoms with Crippen molar-refractivity contribution in [3.8, 4) is 0 Å². The molecule has 0 fully saturated rings. The van der Waals surface area contributed by atoms with Crippen molar-refractivity contribution in [3.63, 3.8) is 0 Å². The number of carbonyl (C=O) groups excluding carboxylic acids is 1. The number of aliphatic hydroxyl groups is 3. The second kappa shape index (κ2) is 4.90. The highest BCUT2D eigenvalue weighted by Crippen LogP contribution is 2.08. The van der Waals surface area contributed by atoms with E-state index in [1.807, 2.05) is 0 Å². The molecule has 0 radical (unpaired) electrons. The van der Waals surface area contributed by atoms with Crippen LogP contribution >= 0.6 is 0 Å². The van der Waals surface area contributed by atoms with Crippen LogP contribution in [-0.4, -0.2) is 52.3 Å². The van der Waals surface area contributed by atoms with Gasteiger partial charge in [0.1, 0.15) is 5.54 Å². The van der Waals surface area contributed by atoms with Gasteiger partial charge >= 0.3 is 0 Å². The fourth-order valence-corrected chi connectivity index (χ4v) is 0.667. The van der Waals surface area contributed by atoms with E-state index in [-0.39, 0.29) is 5.71 Å². The van der Waals surface area contributed by atoms with Gasteiger partial charge in [-0.05, 0) is 6.92 Å². The molecule has 0 bridgehead atoms. The number of carbonyl (C=O) groups is 1. The topological polar surface area (TPSA) is 116 Å². The van der Waals surface area contributed by atoms with Gasteiger partial charge in [0.15, 0.2) is 0 Å². The number of nitrogens with zero attached hydrogens (tertiary/aromatic N) is 1. The van der Waals surface area contributed by atoms with Crippen LogP contribution in [0.1, 0.15) is 6.92 Å². The van der Waals surface area contributed by atoms with E-state index in [9.17, 15) is 4.79 Å². The lowest BCUT2D eigenvalue weighted by molar-refractivity contribution is -0.112. The second-order valence-corrected chi connectivity index (χ2v) is 2.76. The quantitative estimate of drug-likeness (QED) is 0.363. The molecule has 0 aliphatic rings. The van der Waals surface area contributed by atoms with Crippen molar-refractivity contribution in [1.29, 1.82) is 0 Å². The van der Waals surface area contributed by atoms with E-state index >= 15 is 0 Å². The lowest BCUT2D eigenvalue weighted by Gasteiger charge is -2.22. The van der Waals surface area contributed by atoms with E-state index in [1.54, 1.807) is 0 Å². The van der Waals surface area contributed by atoms with Gasteiger partial charge in [-0.1, -0.05) is 0 Å². The van der Waals surface area contributed by atoms with Crippen LogP contribution in [0.4, 0.5) is 0 Å². The van der Waals surface area contributed by atoms with E-state index in [1.165, 1.54) is 6.92 Å². The average molecular weight is 190 g/mol. The van der Waals surface area contributed by atoms with Gasteiger partial charge in [0.25, 0.3) is 5.91 Å². The van der Waals surface area contributed by atoms with Crippen molar-refractivity contribution in [2.75, 3.05) is 19.8 Å². The summed E-state index contributed by atoms with van der Waals surface area (Å²) in [6.45, 7) is -0.308. The van der Waals surface area contributed by atoms with E-state index in [4.69, 9.17) is 21.1 Å². The zero-order valence-electron chi connectivity index (χ0n) is 7.40. The van der Waals surface area contributed by atoms with Crippen molar-refractivity contribution < 1.29 is 20.1 Å². The number of amides is 1. The third kappa shape index (κ3) is 3.10. The molecule has 0 unspecified atom stereocenters. The predicted molar refractivity (Wildman–Crippen MR) is 46.3 cm³/mol. The molecule has 0 aromatic carbocycles. The molecule has 0 heterocycles. The SMILES string of the molecule is CC(=NC(CO)(CO)CO)C(N)=O. The second-order valence-electron chi connectivity index (χ2n) is 2.76. The summed E-state index contributed by atoms with van der Waals surface area (Å²) in [6, 6.07) is 0. The molecule has 6 heteroatoms. The van der Waals surface area contributed by atoms with Gasteiger partial charge in [-0.3, -0.25) is 9.79 Å². The largest absolute Gasteiger partial charge is 0.394 e. The first-order valence-corrected chi connectivity index (χ1v) is 3.70. The molecule has 76 valence electrons. The molecular weight excluding hydrogens is 176 g/mol. The molecule has 0 aromatic heterocycles. The maximum absolute atomic E-state index is 10.6. The summed E-state index contributed by atoms with van der Waals surface area (Å²) in [5, 5.41) is 26.5. The minimum absolute atomic E-state index is 0.0443. The number of aliphatic imine (C=N–C) groups is 1. The summed E-state index contributed by atoms with van der Waals surface area (Å²) in [5.74, 6) is -0.750. The van der Waals surface area contributed by atoms with Gasteiger partial charge in [0, 0.05) is 0 Å². The zero-order valence-corrected chi connectivity index (χ0v) is 7.40. The number of rotatable bonds is 5. The molecule has 0 atom stereocenters. The van der Waals surface area contributed by atoms with Crippen molar-refractivity contribution in [2.45, 2.75) is 12.5 Å². The molecule has 0 aliphatic heterocycles. The van der Waals surface area contributed by atoms with Crippen LogP contribution in [0.2, 0.25) is 0 Å². The Labute approximate surface area is 75.7 Å². The first kappa shape index (κ1) is 12.0.